The van der Waals surface area contributed by atoms with Crippen LogP contribution < -0.4 is 10.1 Å². The number of aromatic nitrogens is 2. The lowest BCUT2D eigenvalue weighted by Crippen LogP contribution is -2.13. The Labute approximate surface area is 118 Å². The molecule has 1 atom stereocenters. The van der Waals surface area contributed by atoms with E-state index < -0.39 is 0 Å². The lowest BCUT2D eigenvalue weighted by Gasteiger charge is -2.14. The van der Waals surface area contributed by atoms with Gasteiger partial charge in [-0.3, -0.25) is 0 Å². The molecule has 2 heterocycles. The topological polar surface area (TPSA) is 47.0 Å². The van der Waals surface area contributed by atoms with E-state index in [4.69, 9.17) is 4.74 Å². The minimum absolute atomic E-state index is 0.179. The number of fused-ring (bicyclic) bond motifs is 1. The van der Waals surface area contributed by atoms with Crippen LogP contribution in [0.2, 0.25) is 0 Å². The first-order valence-corrected chi connectivity index (χ1v) is 7.64. The van der Waals surface area contributed by atoms with Crippen molar-refractivity contribution in [2.24, 2.45) is 0 Å². The second-order valence-corrected chi connectivity index (χ2v) is 5.91. The van der Waals surface area contributed by atoms with Gasteiger partial charge in [-0.05, 0) is 33.3 Å². The van der Waals surface area contributed by atoms with Gasteiger partial charge in [0, 0.05) is 11.4 Å². The Kier molecular flexibility index (Phi) is 4.58. The zero-order chi connectivity index (χ0) is 13.8. The zero-order valence-corrected chi connectivity index (χ0v) is 12.8. The maximum Gasteiger partial charge on any atom is 0.227 e. The Morgan fingerprint density at radius 2 is 2.16 bits per heavy atom. The molecule has 0 bridgehead atoms. The van der Waals surface area contributed by atoms with Gasteiger partial charge in [-0.15, -0.1) is 11.3 Å². The van der Waals surface area contributed by atoms with E-state index in [2.05, 4.69) is 42.1 Å². The van der Waals surface area contributed by atoms with Gasteiger partial charge in [0.2, 0.25) is 11.8 Å². The molecule has 0 radical (unpaired) electrons. The molecule has 2 aromatic rings. The number of nitrogens with zero attached hydrogens (tertiary/aromatic N) is 2. The summed E-state index contributed by atoms with van der Waals surface area (Å²) in [6.45, 7) is 9.17. The second kappa shape index (κ2) is 6.19. The second-order valence-electron chi connectivity index (χ2n) is 4.68. The van der Waals surface area contributed by atoms with E-state index >= 15 is 0 Å². The summed E-state index contributed by atoms with van der Waals surface area (Å²) in [6, 6.07) is 2.10. The summed E-state index contributed by atoms with van der Waals surface area (Å²) in [5.41, 5.74) is 0. The van der Waals surface area contributed by atoms with Crippen molar-refractivity contribution in [1.29, 1.82) is 0 Å². The van der Waals surface area contributed by atoms with Gasteiger partial charge in [0.15, 0.2) is 0 Å². The number of hydrogen-bond acceptors (Lipinski definition) is 5. The van der Waals surface area contributed by atoms with Gasteiger partial charge in [-0.25, -0.2) is 4.98 Å². The number of aryl methyl sites for hydroxylation is 1. The summed E-state index contributed by atoms with van der Waals surface area (Å²) < 4.78 is 5.98. The SMILES string of the molecule is CCCC(C)Oc1nc(NCC)nc2sc(C)cc12. The highest BCUT2D eigenvalue weighted by molar-refractivity contribution is 7.18. The van der Waals surface area contributed by atoms with Gasteiger partial charge in [0.1, 0.15) is 4.83 Å². The van der Waals surface area contributed by atoms with Crippen molar-refractivity contribution in [2.75, 3.05) is 11.9 Å². The van der Waals surface area contributed by atoms with Crippen LogP contribution in [0.25, 0.3) is 10.2 Å². The highest BCUT2D eigenvalue weighted by Gasteiger charge is 2.13. The Morgan fingerprint density at radius 3 is 2.84 bits per heavy atom. The average Bonchev–Trinajstić information content (AvgIpc) is 2.70. The molecule has 0 aliphatic rings. The Balaban J connectivity index is 2.37. The first-order chi connectivity index (χ1) is 9.13. The van der Waals surface area contributed by atoms with E-state index in [9.17, 15) is 0 Å². The maximum absolute atomic E-state index is 5.98. The van der Waals surface area contributed by atoms with E-state index in [0.717, 1.165) is 29.6 Å². The quantitative estimate of drug-likeness (QED) is 0.868. The third kappa shape index (κ3) is 3.35. The number of ether oxygens (including phenoxy) is 1. The molecule has 0 saturated heterocycles. The van der Waals surface area contributed by atoms with Crippen molar-refractivity contribution in [1.82, 2.24) is 9.97 Å². The standard InChI is InChI=1S/C14H21N3OS/c1-5-7-9(3)18-12-11-8-10(4)19-13(11)17-14(16-12)15-6-2/h8-9H,5-7H2,1-4H3,(H,15,16,17). The number of anilines is 1. The predicted molar refractivity (Wildman–Crippen MR) is 81.3 cm³/mol. The fourth-order valence-corrected chi connectivity index (χ4v) is 2.87. The third-order valence-corrected chi connectivity index (χ3v) is 3.77. The zero-order valence-electron chi connectivity index (χ0n) is 12.0. The summed E-state index contributed by atoms with van der Waals surface area (Å²) in [5.74, 6) is 1.35. The van der Waals surface area contributed by atoms with E-state index in [1.54, 1.807) is 11.3 Å². The lowest BCUT2D eigenvalue weighted by molar-refractivity contribution is 0.204. The van der Waals surface area contributed by atoms with E-state index in [0.29, 0.717) is 11.8 Å². The smallest absolute Gasteiger partial charge is 0.227 e. The Hall–Kier alpha value is -1.36. The number of nitrogens with one attached hydrogen (secondary N) is 1. The Bertz CT molecular complexity index is 553. The molecule has 19 heavy (non-hydrogen) atoms. The minimum Gasteiger partial charge on any atom is -0.474 e. The van der Waals surface area contributed by atoms with Crippen LogP contribution in [-0.2, 0) is 0 Å². The largest absolute Gasteiger partial charge is 0.474 e. The highest BCUT2D eigenvalue weighted by Crippen LogP contribution is 2.31. The predicted octanol–water partition coefficient (Wildman–Crippen LogP) is 4.00. The fourth-order valence-electron chi connectivity index (χ4n) is 2.00. The van der Waals surface area contributed by atoms with E-state index in [-0.39, 0.29) is 6.10 Å². The van der Waals surface area contributed by atoms with Crippen molar-refractivity contribution in [2.45, 2.75) is 46.6 Å². The third-order valence-electron chi connectivity index (χ3n) is 2.82. The number of rotatable bonds is 6. The van der Waals surface area contributed by atoms with Crippen LogP contribution in [0.15, 0.2) is 6.07 Å². The Morgan fingerprint density at radius 1 is 1.37 bits per heavy atom. The monoisotopic (exact) mass is 279 g/mol. The molecular weight excluding hydrogens is 258 g/mol. The van der Waals surface area contributed by atoms with Gasteiger partial charge in [0.25, 0.3) is 0 Å². The van der Waals surface area contributed by atoms with Gasteiger partial charge >= 0.3 is 0 Å². The molecule has 1 unspecified atom stereocenters. The van der Waals surface area contributed by atoms with Crippen molar-refractivity contribution in [3.05, 3.63) is 10.9 Å². The van der Waals surface area contributed by atoms with Gasteiger partial charge in [-0.1, -0.05) is 13.3 Å². The first-order valence-electron chi connectivity index (χ1n) is 6.82. The fraction of sp³-hybridized carbons (Fsp3) is 0.571. The van der Waals surface area contributed by atoms with Crippen LogP contribution in [0, 0.1) is 6.92 Å². The molecule has 2 rings (SSSR count). The normalized spacial score (nSPS) is 12.6. The van der Waals surface area contributed by atoms with Gasteiger partial charge < -0.3 is 10.1 Å². The summed E-state index contributed by atoms with van der Waals surface area (Å²) >= 11 is 1.68. The van der Waals surface area contributed by atoms with Crippen molar-refractivity contribution < 1.29 is 4.74 Å². The van der Waals surface area contributed by atoms with Gasteiger partial charge in [-0.2, -0.15) is 4.98 Å². The molecule has 2 aromatic heterocycles. The molecule has 5 heteroatoms. The molecule has 0 aromatic carbocycles. The summed E-state index contributed by atoms with van der Waals surface area (Å²) in [4.78, 5) is 11.2. The molecule has 104 valence electrons. The number of hydrogen-bond donors (Lipinski definition) is 1. The van der Waals surface area contributed by atoms with Crippen LogP contribution in [0.1, 0.15) is 38.5 Å². The summed E-state index contributed by atoms with van der Waals surface area (Å²) in [7, 11) is 0. The molecular formula is C14H21N3OS. The van der Waals surface area contributed by atoms with Crippen LogP contribution in [0.3, 0.4) is 0 Å². The lowest BCUT2D eigenvalue weighted by atomic mass is 10.2. The molecule has 0 fully saturated rings. The summed E-state index contributed by atoms with van der Waals surface area (Å²) in [6.07, 6.45) is 2.32. The summed E-state index contributed by atoms with van der Waals surface area (Å²) in [5, 5.41) is 4.18. The first kappa shape index (κ1) is 14.1. The van der Waals surface area contributed by atoms with E-state index in [1.165, 1.54) is 4.88 Å². The molecule has 0 saturated carbocycles. The van der Waals surface area contributed by atoms with Crippen molar-refractivity contribution >= 4 is 27.5 Å². The molecule has 4 nitrogen and oxygen atoms in total. The average molecular weight is 279 g/mol. The van der Waals surface area contributed by atoms with Crippen molar-refractivity contribution in [3.8, 4) is 5.88 Å². The molecule has 0 amide bonds. The van der Waals surface area contributed by atoms with Crippen LogP contribution in [0.4, 0.5) is 5.95 Å². The maximum atomic E-state index is 5.98. The van der Waals surface area contributed by atoms with E-state index in [1.807, 2.05) is 6.92 Å². The molecule has 0 aliphatic heterocycles. The van der Waals surface area contributed by atoms with Gasteiger partial charge in [0.05, 0.1) is 11.5 Å². The van der Waals surface area contributed by atoms with Crippen molar-refractivity contribution in [3.63, 3.8) is 0 Å². The van der Waals surface area contributed by atoms with Crippen LogP contribution >= 0.6 is 11.3 Å². The highest BCUT2D eigenvalue weighted by atomic mass is 32.1. The minimum atomic E-state index is 0.179. The molecule has 0 spiro atoms. The molecule has 1 N–H and O–H groups in total. The number of thiophene rings is 1. The van der Waals surface area contributed by atoms with Crippen LogP contribution in [0.5, 0.6) is 5.88 Å². The van der Waals surface area contributed by atoms with Crippen LogP contribution in [-0.4, -0.2) is 22.6 Å². The molecule has 0 aliphatic carbocycles.